The third-order valence-electron chi connectivity index (χ3n) is 3.04. The topological polar surface area (TPSA) is 72.2 Å². The van der Waals surface area contributed by atoms with Gasteiger partial charge in [-0.15, -0.1) is 11.8 Å². The zero-order chi connectivity index (χ0) is 14.4. The number of rotatable bonds is 6. The van der Waals surface area contributed by atoms with Crippen LogP contribution in [0.4, 0.5) is 5.69 Å². The molecule has 0 amide bonds. The summed E-state index contributed by atoms with van der Waals surface area (Å²) in [6.07, 6.45) is 2.04. The molecule has 1 fully saturated rings. The molecular formula is C13H20N2O2S3. The molecule has 0 bridgehead atoms. The number of hydrogen-bond acceptors (Lipinski definition) is 5. The first kappa shape index (κ1) is 16.0. The Morgan fingerprint density at radius 3 is 2.90 bits per heavy atom. The van der Waals surface area contributed by atoms with E-state index in [4.69, 9.17) is 5.73 Å². The van der Waals surface area contributed by atoms with Crippen molar-refractivity contribution >= 4 is 39.2 Å². The number of sulfonamides is 1. The Balaban J connectivity index is 1.79. The van der Waals surface area contributed by atoms with E-state index in [-0.39, 0.29) is 11.8 Å². The summed E-state index contributed by atoms with van der Waals surface area (Å²) in [6, 6.07) is 7.63. The third-order valence-corrected chi connectivity index (χ3v) is 7.03. The van der Waals surface area contributed by atoms with Crippen LogP contribution in [0.15, 0.2) is 29.2 Å². The lowest BCUT2D eigenvalue weighted by Gasteiger charge is -2.22. The van der Waals surface area contributed by atoms with Crippen molar-refractivity contribution < 1.29 is 8.42 Å². The lowest BCUT2D eigenvalue weighted by atomic mass is 10.2. The zero-order valence-electron chi connectivity index (χ0n) is 11.2. The van der Waals surface area contributed by atoms with E-state index >= 15 is 0 Å². The SMILES string of the molecule is Nc1ccccc1SCCS(=O)(=O)NC1CCCSC1. The van der Waals surface area contributed by atoms with Gasteiger partial charge in [-0.25, -0.2) is 13.1 Å². The average molecular weight is 333 g/mol. The minimum Gasteiger partial charge on any atom is -0.398 e. The van der Waals surface area contributed by atoms with Crippen molar-refractivity contribution in [3.8, 4) is 0 Å². The monoisotopic (exact) mass is 332 g/mol. The molecule has 1 aromatic rings. The summed E-state index contributed by atoms with van der Waals surface area (Å²) in [4.78, 5) is 0.941. The van der Waals surface area contributed by atoms with Gasteiger partial charge in [-0.1, -0.05) is 12.1 Å². The van der Waals surface area contributed by atoms with Crippen LogP contribution in [0.3, 0.4) is 0 Å². The molecule has 3 N–H and O–H groups in total. The first-order chi connectivity index (χ1) is 9.57. The second kappa shape index (κ2) is 7.59. The summed E-state index contributed by atoms with van der Waals surface area (Å²) in [6.45, 7) is 0. The van der Waals surface area contributed by atoms with E-state index in [2.05, 4.69) is 4.72 Å². The van der Waals surface area contributed by atoms with Crippen LogP contribution in [-0.2, 0) is 10.0 Å². The molecule has 112 valence electrons. The van der Waals surface area contributed by atoms with Crippen molar-refractivity contribution in [3.63, 3.8) is 0 Å². The summed E-state index contributed by atoms with van der Waals surface area (Å²) in [7, 11) is -3.19. The number of thioether (sulfide) groups is 2. The largest absolute Gasteiger partial charge is 0.398 e. The van der Waals surface area contributed by atoms with Gasteiger partial charge in [0.1, 0.15) is 0 Å². The van der Waals surface area contributed by atoms with Crippen LogP contribution in [0, 0.1) is 0 Å². The number of nitrogens with two attached hydrogens (primary N) is 1. The average Bonchev–Trinajstić information content (AvgIpc) is 2.41. The van der Waals surface area contributed by atoms with E-state index in [1.807, 2.05) is 36.0 Å². The Labute approximate surface area is 129 Å². The molecule has 1 aliphatic heterocycles. The first-order valence-electron chi connectivity index (χ1n) is 6.62. The fourth-order valence-corrected chi connectivity index (χ4v) is 5.86. The van der Waals surface area contributed by atoms with E-state index in [1.54, 1.807) is 0 Å². The van der Waals surface area contributed by atoms with Crippen molar-refractivity contribution in [1.29, 1.82) is 0 Å². The summed E-state index contributed by atoms with van der Waals surface area (Å²) in [5, 5.41) is 0. The normalized spacial score (nSPS) is 19.9. The highest BCUT2D eigenvalue weighted by Crippen LogP contribution is 2.24. The predicted molar refractivity (Wildman–Crippen MR) is 88.8 cm³/mol. The third kappa shape index (κ3) is 5.20. The Hall–Kier alpha value is -0.370. The van der Waals surface area contributed by atoms with Gasteiger partial charge in [0.05, 0.1) is 5.75 Å². The molecule has 20 heavy (non-hydrogen) atoms. The molecule has 4 nitrogen and oxygen atoms in total. The second-order valence-electron chi connectivity index (χ2n) is 4.74. The molecule has 0 saturated carbocycles. The van der Waals surface area contributed by atoms with Crippen molar-refractivity contribution in [2.75, 3.05) is 28.7 Å². The molecule has 7 heteroatoms. The van der Waals surface area contributed by atoms with E-state index in [1.165, 1.54) is 11.8 Å². The fraction of sp³-hybridized carbons (Fsp3) is 0.538. The van der Waals surface area contributed by atoms with Gasteiger partial charge >= 0.3 is 0 Å². The van der Waals surface area contributed by atoms with Crippen molar-refractivity contribution in [2.24, 2.45) is 0 Å². The standard InChI is InChI=1S/C13H20N2O2S3/c14-12-5-1-2-6-13(12)19-8-9-20(16,17)15-11-4-3-7-18-10-11/h1-2,5-6,11,15H,3-4,7-10,14H2. The van der Waals surface area contributed by atoms with Crippen molar-refractivity contribution in [3.05, 3.63) is 24.3 Å². The molecule has 1 saturated heterocycles. The van der Waals surface area contributed by atoms with Crippen LogP contribution >= 0.6 is 23.5 Å². The molecule has 0 aliphatic carbocycles. The molecule has 2 rings (SSSR count). The van der Waals surface area contributed by atoms with Crippen molar-refractivity contribution in [2.45, 2.75) is 23.8 Å². The number of benzene rings is 1. The minimum absolute atomic E-state index is 0.102. The Kier molecular flexibility index (Phi) is 6.07. The molecule has 1 atom stereocenters. The van der Waals surface area contributed by atoms with E-state index in [0.29, 0.717) is 11.4 Å². The summed E-state index contributed by atoms with van der Waals surface area (Å²) in [5.74, 6) is 2.68. The zero-order valence-corrected chi connectivity index (χ0v) is 13.7. The number of para-hydroxylation sites is 1. The smallest absolute Gasteiger partial charge is 0.212 e. The maximum absolute atomic E-state index is 12.0. The Bertz CT molecular complexity index is 528. The minimum atomic E-state index is -3.19. The highest BCUT2D eigenvalue weighted by molar-refractivity contribution is 8.00. The van der Waals surface area contributed by atoms with Gasteiger partial charge in [-0.05, 0) is 30.7 Å². The van der Waals surface area contributed by atoms with Gasteiger partial charge in [-0.3, -0.25) is 0 Å². The van der Waals surface area contributed by atoms with Crippen LogP contribution in [0.25, 0.3) is 0 Å². The number of nitrogen functional groups attached to an aromatic ring is 1. The lowest BCUT2D eigenvalue weighted by molar-refractivity contribution is 0.544. The number of anilines is 1. The van der Waals surface area contributed by atoms with Crippen LogP contribution in [0.5, 0.6) is 0 Å². The van der Waals surface area contributed by atoms with E-state index < -0.39 is 10.0 Å². The quantitative estimate of drug-likeness (QED) is 0.617. The van der Waals surface area contributed by atoms with Gasteiger partial charge in [-0.2, -0.15) is 11.8 Å². The molecule has 0 aromatic heterocycles. The fourth-order valence-electron chi connectivity index (χ4n) is 2.02. The van der Waals surface area contributed by atoms with Gasteiger partial charge in [0, 0.05) is 28.1 Å². The van der Waals surface area contributed by atoms with Crippen LogP contribution < -0.4 is 10.5 Å². The van der Waals surface area contributed by atoms with Gasteiger partial charge < -0.3 is 5.73 Å². The van der Waals surface area contributed by atoms with Crippen LogP contribution in [-0.4, -0.2) is 37.5 Å². The Morgan fingerprint density at radius 1 is 1.40 bits per heavy atom. The molecule has 1 aromatic carbocycles. The summed E-state index contributed by atoms with van der Waals surface area (Å²) >= 11 is 3.30. The molecule has 1 heterocycles. The summed E-state index contributed by atoms with van der Waals surface area (Å²) < 4.78 is 26.8. The Morgan fingerprint density at radius 2 is 2.20 bits per heavy atom. The second-order valence-corrected chi connectivity index (χ2v) is 8.90. The van der Waals surface area contributed by atoms with E-state index in [9.17, 15) is 8.42 Å². The lowest BCUT2D eigenvalue weighted by Crippen LogP contribution is -2.39. The summed E-state index contributed by atoms with van der Waals surface area (Å²) in [5.41, 5.74) is 6.53. The number of hydrogen-bond donors (Lipinski definition) is 2. The number of nitrogens with one attached hydrogen (secondary N) is 1. The van der Waals surface area contributed by atoms with E-state index in [0.717, 1.165) is 29.2 Å². The van der Waals surface area contributed by atoms with Gasteiger partial charge in [0.25, 0.3) is 0 Å². The molecule has 1 aliphatic rings. The highest BCUT2D eigenvalue weighted by atomic mass is 32.2. The molecular weight excluding hydrogens is 312 g/mol. The molecule has 1 unspecified atom stereocenters. The van der Waals surface area contributed by atoms with Gasteiger partial charge in [0.15, 0.2) is 0 Å². The van der Waals surface area contributed by atoms with Crippen LogP contribution in [0.2, 0.25) is 0 Å². The maximum atomic E-state index is 12.0. The van der Waals surface area contributed by atoms with Crippen molar-refractivity contribution in [1.82, 2.24) is 4.72 Å². The highest BCUT2D eigenvalue weighted by Gasteiger charge is 2.20. The van der Waals surface area contributed by atoms with Gasteiger partial charge in [0.2, 0.25) is 10.0 Å². The predicted octanol–water partition coefficient (Wildman–Crippen LogP) is 2.18. The molecule has 0 spiro atoms. The first-order valence-corrected chi connectivity index (χ1v) is 10.4. The molecule has 0 radical (unpaired) electrons. The van der Waals surface area contributed by atoms with Crippen LogP contribution in [0.1, 0.15) is 12.8 Å². The maximum Gasteiger partial charge on any atom is 0.212 e.